The van der Waals surface area contributed by atoms with Gasteiger partial charge in [0.2, 0.25) is 0 Å². The molecule has 0 aromatic heterocycles. The number of hydrogen-bond acceptors (Lipinski definition) is 1. The molecule has 0 spiro atoms. The standard InChI is InChI=1S/C42H26O/c1-2-10-27(11-3-1)28-20-22-30(23-21-28)40-32-14-4-6-16-34(32)41(35-17-7-5-15-33(35)40)31-24-25-38-37(26-31)36-18-8-12-29-13-9-19-39(43-38)42(29)36/h1-26H/i14D,17D. The van der Waals surface area contributed by atoms with Crippen molar-refractivity contribution >= 4 is 32.3 Å². The molecule has 43 heavy (non-hydrogen) atoms. The molecule has 0 fully saturated rings. The molecule has 8 aromatic carbocycles. The van der Waals surface area contributed by atoms with E-state index in [0.29, 0.717) is 12.1 Å². The molecule has 0 saturated carbocycles. The van der Waals surface area contributed by atoms with Gasteiger partial charge < -0.3 is 4.74 Å². The minimum atomic E-state index is 0.461. The Labute approximate surface area is 253 Å². The zero-order valence-electron chi connectivity index (χ0n) is 25.3. The maximum absolute atomic E-state index is 9.19. The van der Waals surface area contributed by atoms with Crippen LogP contribution in [0.3, 0.4) is 0 Å². The lowest BCUT2D eigenvalue weighted by molar-refractivity contribution is 0.487. The summed E-state index contributed by atoms with van der Waals surface area (Å²) in [7, 11) is 0. The summed E-state index contributed by atoms with van der Waals surface area (Å²) >= 11 is 0. The van der Waals surface area contributed by atoms with Crippen LogP contribution in [0, 0.1) is 0 Å². The number of fused-ring (bicyclic) bond motifs is 4. The van der Waals surface area contributed by atoms with Crippen molar-refractivity contribution in [3.05, 3.63) is 158 Å². The summed E-state index contributed by atoms with van der Waals surface area (Å²) in [6, 6.07) is 50.6. The van der Waals surface area contributed by atoms with E-state index in [0.717, 1.165) is 82.8 Å². The van der Waals surface area contributed by atoms with Crippen LogP contribution in [0.4, 0.5) is 0 Å². The molecule has 0 atom stereocenters. The summed E-state index contributed by atoms with van der Waals surface area (Å²) in [5, 5.41) is 5.97. The molecule has 1 heterocycles. The van der Waals surface area contributed by atoms with Gasteiger partial charge in [0, 0.05) is 10.9 Å². The Kier molecular flexibility index (Phi) is 4.83. The predicted octanol–water partition coefficient (Wildman–Crippen LogP) is 11.9. The Bertz CT molecular complexity index is 2460. The number of ether oxygens (including phenoxy) is 1. The average molecular weight is 549 g/mol. The van der Waals surface area contributed by atoms with E-state index >= 15 is 0 Å². The van der Waals surface area contributed by atoms with Gasteiger partial charge in [-0.15, -0.1) is 0 Å². The summed E-state index contributed by atoms with van der Waals surface area (Å²) in [6.45, 7) is 0. The van der Waals surface area contributed by atoms with Crippen LogP contribution in [0.25, 0.3) is 76.8 Å². The molecule has 0 amide bonds. The van der Waals surface area contributed by atoms with E-state index < -0.39 is 0 Å². The third-order valence-electron chi connectivity index (χ3n) is 8.68. The highest BCUT2D eigenvalue weighted by Crippen LogP contribution is 2.49. The maximum atomic E-state index is 9.19. The molecule has 1 nitrogen and oxygen atoms in total. The van der Waals surface area contributed by atoms with Crippen molar-refractivity contribution in [2.24, 2.45) is 0 Å². The third-order valence-corrected chi connectivity index (χ3v) is 8.68. The monoisotopic (exact) mass is 548 g/mol. The van der Waals surface area contributed by atoms with E-state index in [1.54, 1.807) is 0 Å². The fourth-order valence-corrected chi connectivity index (χ4v) is 6.75. The van der Waals surface area contributed by atoms with Crippen molar-refractivity contribution in [1.29, 1.82) is 0 Å². The summed E-state index contributed by atoms with van der Waals surface area (Å²) in [5.74, 6) is 1.69. The molecule has 8 aromatic rings. The summed E-state index contributed by atoms with van der Waals surface area (Å²) in [5.41, 5.74) is 8.47. The zero-order valence-corrected chi connectivity index (χ0v) is 23.3. The van der Waals surface area contributed by atoms with Crippen LogP contribution in [0.2, 0.25) is 0 Å². The second-order valence-corrected chi connectivity index (χ2v) is 11.1. The van der Waals surface area contributed by atoms with Crippen LogP contribution in [0.1, 0.15) is 2.74 Å². The largest absolute Gasteiger partial charge is 0.456 e. The van der Waals surface area contributed by atoms with E-state index in [1.165, 1.54) is 5.56 Å². The Hall–Kier alpha value is -5.66. The fraction of sp³-hybridized carbons (Fsp3) is 0. The quantitative estimate of drug-likeness (QED) is 0.200. The van der Waals surface area contributed by atoms with Crippen molar-refractivity contribution in [3.63, 3.8) is 0 Å². The highest BCUT2D eigenvalue weighted by Gasteiger charge is 2.22. The lowest BCUT2D eigenvalue weighted by atomic mass is 9.84. The van der Waals surface area contributed by atoms with Gasteiger partial charge in [0.15, 0.2) is 0 Å². The summed E-state index contributed by atoms with van der Waals surface area (Å²) in [4.78, 5) is 0. The second kappa shape index (κ2) is 9.44. The molecule has 200 valence electrons. The molecule has 0 unspecified atom stereocenters. The molecule has 0 bridgehead atoms. The molecule has 0 aliphatic carbocycles. The molecule has 1 aliphatic heterocycles. The minimum Gasteiger partial charge on any atom is -0.456 e. The highest BCUT2D eigenvalue weighted by molar-refractivity contribution is 6.21. The van der Waals surface area contributed by atoms with Gasteiger partial charge in [-0.25, -0.2) is 0 Å². The molecule has 9 rings (SSSR count). The van der Waals surface area contributed by atoms with Crippen molar-refractivity contribution in [1.82, 2.24) is 0 Å². The first-order chi connectivity index (χ1) is 22.2. The smallest absolute Gasteiger partial charge is 0.135 e. The van der Waals surface area contributed by atoms with Gasteiger partial charge >= 0.3 is 0 Å². The SMILES string of the molecule is [2H]c1cccc2c(-c3ccc4c(c3)-c3cccc5cccc(c35)O4)c3c([2H])cccc3c(-c3ccc(-c4ccccc4)cc3)c12. The molecular weight excluding hydrogens is 520 g/mol. The normalized spacial score (nSPS) is 12.6. The zero-order chi connectivity index (χ0) is 30.1. The van der Waals surface area contributed by atoms with Crippen molar-refractivity contribution in [3.8, 4) is 56.0 Å². The number of rotatable bonds is 3. The van der Waals surface area contributed by atoms with Crippen LogP contribution in [-0.2, 0) is 0 Å². The van der Waals surface area contributed by atoms with Gasteiger partial charge in [0.05, 0.1) is 2.74 Å². The van der Waals surface area contributed by atoms with Crippen LogP contribution in [-0.4, -0.2) is 0 Å². The molecule has 1 aliphatic rings. The lowest BCUT2D eigenvalue weighted by Crippen LogP contribution is -1.97. The predicted molar refractivity (Wildman–Crippen MR) is 181 cm³/mol. The molecule has 0 saturated heterocycles. The van der Waals surface area contributed by atoms with Crippen molar-refractivity contribution in [2.45, 2.75) is 0 Å². The van der Waals surface area contributed by atoms with Gasteiger partial charge in [0.25, 0.3) is 0 Å². The first-order valence-electron chi connectivity index (χ1n) is 15.6. The van der Waals surface area contributed by atoms with Crippen LogP contribution < -0.4 is 4.74 Å². The molecular formula is C42H26O. The number of hydrogen-bond donors (Lipinski definition) is 0. The topological polar surface area (TPSA) is 9.23 Å². The summed E-state index contributed by atoms with van der Waals surface area (Å²) in [6.07, 6.45) is 0. The Balaban J connectivity index is 1.33. The highest BCUT2D eigenvalue weighted by atomic mass is 16.5. The fourth-order valence-electron chi connectivity index (χ4n) is 6.75. The Morgan fingerprint density at radius 1 is 0.395 bits per heavy atom. The number of benzene rings is 8. The van der Waals surface area contributed by atoms with Gasteiger partial charge in [-0.05, 0) is 84.1 Å². The molecule has 1 heteroatoms. The first-order valence-corrected chi connectivity index (χ1v) is 14.6. The van der Waals surface area contributed by atoms with Crippen LogP contribution >= 0.6 is 0 Å². The third kappa shape index (κ3) is 3.72. The first kappa shape index (κ1) is 22.0. The van der Waals surface area contributed by atoms with E-state index in [-0.39, 0.29) is 0 Å². The Morgan fingerprint density at radius 3 is 1.74 bits per heavy atom. The lowest BCUT2D eigenvalue weighted by Gasteiger charge is -2.23. The Morgan fingerprint density at radius 2 is 1.00 bits per heavy atom. The van der Waals surface area contributed by atoms with Gasteiger partial charge in [-0.3, -0.25) is 0 Å². The van der Waals surface area contributed by atoms with E-state index in [9.17, 15) is 1.37 Å². The van der Waals surface area contributed by atoms with Gasteiger partial charge in [-0.2, -0.15) is 0 Å². The van der Waals surface area contributed by atoms with Crippen molar-refractivity contribution in [2.75, 3.05) is 0 Å². The van der Waals surface area contributed by atoms with Gasteiger partial charge in [0.1, 0.15) is 11.5 Å². The molecule has 0 radical (unpaired) electrons. The van der Waals surface area contributed by atoms with E-state index in [2.05, 4.69) is 97.1 Å². The second-order valence-electron chi connectivity index (χ2n) is 11.1. The van der Waals surface area contributed by atoms with E-state index in [1.807, 2.05) is 48.5 Å². The minimum absolute atomic E-state index is 0.461. The van der Waals surface area contributed by atoms with E-state index in [4.69, 9.17) is 6.11 Å². The maximum Gasteiger partial charge on any atom is 0.135 e. The van der Waals surface area contributed by atoms with Crippen LogP contribution in [0.15, 0.2) is 158 Å². The summed E-state index contributed by atoms with van der Waals surface area (Å²) < 4.78 is 24.8. The molecule has 0 N–H and O–H groups in total. The van der Waals surface area contributed by atoms with Gasteiger partial charge in [-0.1, -0.05) is 139 Å². The van der Waals surface area contributed by atoms with Crippen molar-refractivity contribution < 1.29 is 7.48 Å². The van der Waals surface area contributed by atoms with Crippen LogP contribution in [0.5, 0.6) is 11.5 Å². The average Bonchev–Trinajstić information content (AvgIpc) is 3.08.